The highest BCUT2D eigenvalue weighted by molar-refractivity contribution is 5.84. The number of piperidine rings is 1. The lowest BCUT2D eigenvalue weighted by Gasteiger charge is -2.41. The Morgan fingerprint density at radius 3 is 2.24 bits per heavy atom. The van der Waals surface area contributed by atoms with E-state index >= 15 is 0 Å². The van der Waals surface area contributed by atoms with Gasteiger partial charge >= 0.3 is 12.1 Å². The molecular weight excluding hydrogens is 432 g/mol. The smallest absolute Gasteiger partial charge is 0.407 e. The second-order valence-electron chi connectivity index (χ2n) is 9.89. The Balaban J connectivity index is 1.35. The van der Waals surface area contributed by atoms with E-state index in [0.29, 0.717) is 19.4 Å². The highest BCUT2D eigenvalue weighted by atomic mass is 16.5. The van der Waals surface area contributed by atoms with E-state index in [2.05, 4.69) is 29.6 Å². The zero-order chi connectivity index (χ0) is 24.5. The minimum atomic E-state index is -0.889. The first kappa shape index (κ1) is 23.8. The van der Waals surface area contributed by atoms with E-state index < -0.39 is 23.4 Å². The molecule has 0 spiro atoms. The first-order chi connectivity index (χ1) is 16.2. The summed E-state index contributed by atoms with van der Waals surface area (Å²) in [7, 11) is 0. The number of nitrogens with one attached hydrogen (secondary N) is 1. The number of carbonyl (C=O) groups excluding carboxylic acids is 2. The van der Waals surface area contributed by atoms with Gasteiger partial charge in [0, 0.05) is 25.0 Å². The van der Waals surface area contributed by atoms with Crippen molar-refractivity contribution in [3.8, 4) is 11.1 Å². The Kier molecular flexibility index (Phi) is 6.64. The van der Waals surface area contributed by atoms with Crippen LogP contribution in [0.25, 0.3) is 11.1 Å². The third-order valence-electron chi connectivity index (χ3n) is 7.16. The number of nitrogens with zero attached hydrogens (tertiary/aromatic N) is 1. The lowest BCUT2D eigenvalue weighted by Crippen LogP contribution is -2.55. The fourth-order valence-electron chi connectivity index (χ4n) is 5.17. The van der Waals surface area contributed by atoms with Crippen LogP contribution < -0.4 is 5.32 Å². The van der Waals surface area contributed by atoms with Crippen molar-refractivity contribution in [1.82, 2.24) is 10.2 Å². The molecule has 0 unspecified atom stereocenters. The van der Waals surface area contributed by atoms with Crippen LogP contribution in [0.4, 0.5) is 4.79 Å². The van der Waals surface area contributed by atoms with Crippen molar-refractivity contribution in [3.63, 3.8) is 0 Å². The molecule has 0 radical (unpaired) electrons. The number of hydrogen-bond acceptors (Lipinski definition) is 4. The number of benzene rings is 2. The van der Waals surface area contributed by atoms with Crippen LogP contribution in [0.5, 0.6) is 0 Å². The third-order valence-corrected chi connectivity index (χ3v) is 7.16. The Labute approximate surface area is 200 Å². The predicted octanol–water partition coefficient (Wildman–Crippen LogP) is 4.26. The SMILES string of the molecule is C[C@H]1[C@@H](C(=O)O)CCCN1C(=O)C(C)(C)CNC(=O)OCC1c2ccccc2-c2ccccc21. The van der Waals surface area contributed by atoms with Gasteiger partial charge in [0.1, 0.15) is 6.61 Å². The summed E-state index contributed by atoms with van der Waals surface area (Å²) in [5, 5.41) is 12.2. The van der Waals surface area contributed by atoms with Crippen molar-refractivity contribution < 1.29 is 24.2 Å². The molecule has 2 aromatic rings. The average Bonchev–Trinajstić information content (AvgIpc) is 3.15. The molecule has 1 aliphatic carbocycles. The fourth-order valence-corrected chi connectivity index (χ4v) is 5.17. The van der Waals surface area contributed by atoms with Crippen LogP contribution in [0, 0.1) is 11.3 Å². The number of fused-ring (bicyclic) bond motifs is 3. The molecule has 2 amide bonds. The van der Waals surface area contributed by atoms with Crippen molar-refractivity contribution >= 4 is 18.0 Å². The van der Waals surface area contributed by atoms with Crippen molar-refractivity contribution in [2.24, 2.45) is 11.3 Å². The van der Waals surface area contributed by atoms with Crippen LogP contribution in [-0.2, 0) is 14.3 Å². The molecule has 2 atom stereocenters. The van der Waals surface area contributed by atoms with Gasteiger partial charge in [-0.05, 0) is 55.9 Å². The number of amides is 2. The first-order valence-electron chi connectivity index (χ1n) is 11.8. The Hall–Kier alpha value is -3.35. The fraction of sp³-hybridized carbons (Fsp3) is 0.444. The second kappa shape index (κ2) is 9.49. The van der Waals surface area contributed by atoms with E-state index in [1.807, 2.05) is 24.3 Å². The van der Waals surface area contributed by atoms with Crippen molar-refractivity contribution in [1.29, 1.82) is 0 Å². The van der Waals surface area contributed by atoms with Crippen molar-refractivity contribution in [3.05, 3.63) is 59.7 Å². The van der Waals surface area contributed by atoms with E-state index in [0.717, 1.165) is 22.3 Å². The summed E-state index contributed by atoms with van der Waals surface area (Å²) in [5.74, 6) is -1.64. The number of hydrogen-bond donors (Lipinski definition) is 2. The van der Waals surface area contributed by atoms with E-state index in [9.17, 15) is 19.5 Å². The molecule has 1 heterocycles. The molecule has 1 saturated heterocycles. The number of likely N-dealkylation sites (tertiary alicyclic amines) is 1. The second-order valence-corrected chi connectivity index (χ2v) is 9.89. The molecule has 4 rings (SSSR count). The van der Waals surface area contributed by atoms with Gasteiger partial charge in [0.25, 0.3) is 0 Å². The molecule has 7 heteroatoms. The zero-order valence-electron chi connectivity index (χ0n) is 19.9. The number of carboxylic acids is 1. The largest absolute Gasteiger partial charge is 0.481 e. The molecular formula is C27H32N2O5. The minimum absolute atomic E-state index is 0.0325. The molecule has 1 aliphatic heterocycles. The molecule has 2 aromatic carbocycles. The normalized spacial score (nSPS) is 19.8. The van der Waals surface area contributed by atoms with Crippen LogP contribution in [0.15, 0.2) is 48.5 Å². The van der Waals surface area contributed by atoms with E-state index in [4.69, 9.17) is 4.74 Å². The molecule has 7 nitrogen and oxygen atoms in total. The van der Waals surface area contributed by atoms with E-state index in [-0.39, 0.29) is 31.0 Å². The molecule has 0 saturated carbocycles. The molecule has 2 aliphatic rings. The summed E-state index contributed by atoms with van der Waals surface area (Å²) in [6, 6.07) is 15.9. The van der Waals surface area contributed by atoms with E-state index in [1.165, 1.54) is 0 Å². The van der Waals surface area contributed by atoms with Crippen LogP contribution in [0.1, 0.15) is 50.7 Å². The summed E-state index contributed by atoms with van der Waals surface area (Å²) in [6.07, 6.45) is 0.652. The van der Waals surface area contributed by atoms with Gasteiger partial charge in [-0.25, -0.2) is 4.79 Å². The number of ether oxygens (including phenoxy) is 1. The molecule has 1 fully saturated rings. The standard InChI is InChI=1S/C27H32N2O5/c1-17-18(24(30)31)13-8-14-29(17)25(32)27(2,3)16-28-26(33)34-15-23-21-11-6-4-9-19(21)20-10-5-7-12-22(20)23/h4-7,9-12,17-18,23H,8,13-16H2,1-3H3,(H,28,33)(H,30,31)/t17-,18-/m0/s1. The predicted molar refractivity (Wildman–Crippen MR) is 128 cm³/mol. The molecule has 34 heavy (non-hydrogen) atoms. The van der Waals surface area contributed by atoms with Gasteiger partial charge < -0.3 is 20.1 Å². The number of carbonyl (C=O) groups is 3. The number of aliphatic carboxylic acids is 1. The van der Waals surface area contributed by atoms with Gasteiger partial charge in [0.15, 0.2) is 0 Å². The van der Waals surface area contributed by atoms with Gasteiger partial charge in [0.2, 0.25) is 5.91 Å². The maximum absolute atomic E-state index is 13.2. The lowest BCUT2D eigenvalue weighted by molar-refractivity contribution is -0.152. The summed E-state index contributed by atoms with van der Waals surface area (Å²) in [5.41, 5.74) is 3.71. The highest BCUT2D eigenvalue weighted by Gasteiger charge is 2.41. The molecule has 180 valence electrons. The number of carboxylic acid groups (broad SMARTS) is 1. The summed E-state index contributed by atoms with van der Waals surface area (Å²) in [4.78, 5) is 38.9. The highest BCUT2D eigenvalue weighted by Crippen LogP contribution is 2.44. The summed E-state index contributed by atoms with van der Waals surface area (Å²) >= 11 is 0. The van der Waals surface area contributed by atoms with Gasteiger partial charge in [-0.15, -0.1) is 0 Å². The Morgan fingerprint density at radius 2 is 1.65 bits per heavy atom. The van der Waals surface area contributed by atoms with Crippen molar-refractivity contribution in [2.45, 2.75) is 45.6 Å². The average molecular weight is 465 g/mol. The summed E-state index contributed by atoms with van der Waals surface area (Å²) in [6.45, 7) is 6.14. The number of rotatable bonds is 6. The molecule has 0 bridgehead atoms. The minimum Gasteiger partial charge on any atom is -0.481 e. The van der Waals surface area contributed by atoms with Crippen LogP contribution in [0.2, 0.25) is 0 Å². The molecule has 2 N–H and O–H groups in total. The Bertz CT molecular complexity index is 1050. The van der Waals surface area contributed by atoms with Gasteiger partial charge in [-0.3, -0.25) is 9.59 Å². The monoisotopic (exact) mass is 464 g/mol. The van der Waals surface area contributed by atoms with Crippen LogP contribution in [-0.4, -0.2) is 53.7 Å². The van der Waals surface area contributed by atoms with Crippen LogP contribution in [0.3, 0.4) is 0 Å². The maximum atomic E-state index is 13.2. The Morgan fingerprint density at radius 1 is 1.06 bits per heavy atom. The van der Waals surface area contributed by atoms with Gasteiger partial charge in [0.05, 0.1) is 11.3 Å². The summed E-state index contributed by atoms with van der Waals surface area (Å²) < 4.78 is 5.58. The zero-order valence-corrected chi connectivity index (χ0v) is 19.9. The lowest BCUT2D eigenvalue weighted by atomic mass is 9.85. The van der Waals surface area contributed by atoms with Crippen molar-refractivity contribution in [2.75, 3.05) is 19.7 Å². The van der Waals surface area contributed by atoms with Crippen LogP contribution >= 0.6 is 0 Å². The van der Waals surface area contributed by atoms with Gasteiger partial charge in [-0.2, -0.15) is 0 Å². The quantitative estimate of drug-likeness (QED) is 0.666. The van der Waals surface area contributed by atoms with Gasteiger partial charge in [-0.1, -0.05) is 48.5 Å². The number of alkyl carbamates (subject to hydrolysis) is 1. The molecule has 0 aromatic heterocycles. The van der Waals surface area contributed by atoms with E-state index in [1.54, 1.807) is 25.7 Å². The first-order valence-corrected chi connectivity index (χ1v) is 11.8. The topological polar surface area (TPSA) is 95.9 Å². The third kappa shape index (κ3) is 4.52. The maximum Gasteiger partial charge on any atom is 0.407 e.